The number of nitrogens with one attached hydrogen (secondary N) is 1. The Morgan fingerprint density at radius 1 is 1.15 bits per heavy atom. The standard InChI is InChI=1S/C23H30FN5O4S/c1-16-22(17(2)29(26-16)15-21(30)27-10-3-4-11-27)34(32,33)28-12-6-7-18(14-28)23(31)25-20-9-5-8-19(24)13-20/h5,8-9,13,18H,3-4,6-7,10-12,14-15H2,1-2H3,(H,25,31)/t18-/m0/s1. The molecule has 34 heavy (non-hydrogen) atoms. The van der Waals surface area contributed by atoms with E-state index >= 15 is 0 Å². The number of benzene rings is 1. The molecule has 2 aliphatic rings. The van der Waals surface area contributed by atoms with Crippen LogP contribution in [0.2, 0.25) is 0 Å². The third-order valence-electron chi connectivity index (χ3n) is 6.50. The average Bonchev–Trinajstić information content (AvgIpc) is 3.42. The van der Waals surface area contributed by atoms with Gasteiger partial charge in [-0.25, -0.2) is 12.8 Å². The highest BCUT2D eigenvalue weighted by Gasteiger charge is 2.36. The number of halogens is 1. The first-order valence-corrected chi connectivity index (χ1v) is 13.0. The van der Waals surface area contributed by atoms with Crippen LogP contribution in [0.3, 0.4) is 0 Å². The molecule has 2 aromatic rings. The Kier molecular flexibility index (Phi) is 7.04. The Morgan fingerprint density at radius 3 is 2.59 bits per heavy atom. The molecule has 184 valence electrons. The maximum atomic E-state index is 13.6. The van der Waals surface area contributed by atoms with Crippen LogP contribution in [-0.4, -0.2) is 65.4 Å². The number of carbonyl (C=O) groups excluding carboxylic acids is 2. The highest BCUT2D eigenvalue weighted by molar-refractivity contribution is 7.89. The zero-order chi connectivity index (χ0) is 24.5. The number of sulfonamides is 1. The van der Waals surface area contributed by atoms with E-state index in [0.717, 1.165) is 25.9 Å². The lowest BCUT2D eigenvalue weighted by atomic mass is 9.99. The van der Waals surface area contributed by atoms with E-state index in [9.17, 15) is 22.4 Å². The molecule has 1 atom stereocenters. The van der Waals surface area contributed by atoms with Gasteiger partial charge < -0.3 is 10.2 Å². The number of amides is 2. The first-order chi connectivity index (χ1) is 16.2. The fourth-order valence-electron chi connectivity index (χ4n) is 4.72. The summed E-state index contributed by atoms with van der Waals surface area (Å²) in [5.41, 5.74) is 1.08. The highest BCUT2D eigenvalue weighted by Crippen LogP contribution is 2.28. The van der Waals surface area contributed by atoms with Gasteiger partial charge in [-0.3, -0.25) is 14.3 Å². The second-order valence-electron chi connectivity index (χ2n) is 8.95. The number of carbonyl (C=O) groups is 2. The summed E-state index contributed by atoms with van der Waals surface area (Å²) in [6.07, 6.45) is 3.02. The van der Waals surface area contributed by atoms with Gasteiger partial charge in [0.25, 0.3) is 0 Å². The van der Waals surface area contributed by atoms with E-state index in [-0.39, 0.29) is 29.8 Å². The minimum absolute atomic E-state index is 0.000853. The molecule has 1 N–H and O–H groups in total. The Morgan fingerprint density at radius 2 is 1.88 bits per heavy atom. The lowest BCUT2D eigenvalue weighted by Gasteiger charge is -2.31. The second kappa shape index (κ2) is 9.83. The molecule has 3 heterocycles. The van der Waals surface area contributed by atoms with Gasteiger partial charge in [0.05, 0.1) is 17.3 Å². The van der Waals surface area contributed by atoms with Crippen LogP contribution in [0.5, 0.6) is 0 Å². The van der Waals surface area contributed by atoms with Crippen molar-refractivity contribution in [3.8, 4) is 0 Å². The molecule has 2 fully saturated rings. The lowest BCUT2D eigenvalue weighted by molar-refractivity contribution is -0.131. The van der Waals surface area contributed by atoms with Crippen molar-refractivity contribution < 1.29 is 22.4 Å². The van der Waals surface area contributed by atoms with Gasteiger partial charge >= 0.3 is 0 Å². The quantitative estimate of drug-likeness (QED) is 0.668. The minimum Gasteiger partial charge on any atom is -0.341 e. The number of piperidine rings is 1. The van der Waals surface area contributed by atoms with Crippen molar-refractivity contribution in [3.63, 3.8) is 0 Å². The summed E-state index contributed by atoms with van der Waals surface area (Å²) < 4.78 is 43.3. The SMILES string of the molecule is Cc1nn(CC(=O)N2CCCC2)c(C)c1S(=O)(=O)N1CCC[C@H](C(=O)Nc2cccc(F)c2)C1. The van der Waals surface area contributed by atoms with Crippen LogP contribution in [0.4, 0.5) is 10.1 Å². The van der Waals surface area contributed by atoms with Crippen molar-refractivity contribution in [2.45, 2.75) is 51.0 Å². The fourth-order valence-corrected chi connectivity index (χ4v) is 6.61. The lowest BCUT2D eigenvalue weighted by Crippen LogP contribution is -2.44. The highest BCUT2D eigenvalue weighted by atomic mass is 32.2. The van der Waals surface area contributed by atoms with Gasteiger partial charge in [0.2, 0.25) is 21.8 Å². The molecule has 2 aliphatic heterocycles. The van der Waals surface area contributed by atoms with Crippen LogP contribution in [0.25, 0.3) is 0 Å². The van der Waals surface area contributed by atoms with E-state index in [1.54, 1.807) is 24.8 Å². The maximum Gasteiger partial charge on any atom is 0.246 e. The van der Waals surface area contributed by atoms with Crippen molar-refractivity contribution in [2.75, 3.05) is 31.5 Å². The Bertz CT molecular complexity index is 1190. The summed E-state index contributed by atoms with van der Waals surface area (Å²) in [6.45, 7) is 5.03. The number of aryl methyl sites for hydroxylation is 1. The molecule has 11 heteroatoms. The number of anilines is 1. The monoisotopic (exact) mass is 491 g/mol. The van der Waals surface area contributed by atoms with Gasteiger partial charge in [-0.15, -0.1) is 0 Å². The molecule has 0 bridgehead atoms. The smallest absolute Gasteiger partial charge is 0.246 e. The molecule has 0 aliphatic carbocycles. The molecule has 0 spiro atoms. The Balaban J connectivity index is 1.49. The normalized spacial score (nSPS) is 19.4. The van der Waals surface area contributed by atoms with Gasteiger partial charge in [-0.05, 0) is 57.7 Å². The first kappa shape index (κ1) is 24.3. The number of aromatic nitrogens is 2. The van der Waals surface area contributed by atoms with Gasteiger partial charge in [0, 0.05) is 31.9 Å². The molecule has 1 aromatic heterocycles. The van der Waals surface area contributed by atoms with Crippen LogP contribution in [0.1, 0.15) is 37.1 Å². The van der Waals surface area contributed by atoms with Crippen LogP contribution >= 0.6 is 0 Å². The molecule has 0 radical (unpaired) electrons. The minimum atomic E-state index is -3.92. The van der Waals surface area contributed by atoms with Gasteiger partial charge in [0.15, 0.2) is 0 Å². The van der Waals surface area contributed by atoms with Crippen molar-refractivity contribution in [3.05, 3.63) is 41.5 Å². The summed E-state index contributed by atoms with van der Waals surface area (Å²) in [5.74, 6) is -1.43. The van der Waals surface area contributed by atoms with Gasteiger partial charge in [-0.1, -0.05) is 6.07 Å². The van der Waals surface area contributed by atoms with E-state index in [0.29, 0.717) is 36.5 Å². The van der Waals surface area contributed by atoms with Gasteiger partial charge in [0.1, 0.15) is 17.3 Å². The van der Waals surface area contributed by atoms with Crippen molar-refractivity contribution in [2.24, 2.45) is 5.92 Å². The predicted molar refractivity (Wildman–Crippen MR) is 124 cm³/mol. The van der Waals surface area contributed by atoms with Crippen LogP contribution in [0, 0.1) is 25.6 Å². The summed E-state index contributed by atoms with van der Waals surface area (Å²) >= 11 is 0. The van der Waals surface area contributed by atoms with E-state index in [2.05, 4.69) is 10.4 Å². The summed E-state index contributed by atoms with van der Waals surface area (Å²) in [7, 11) is -3.92. The fraction of sp³-hybridized carbons (Fsp3) is 0.522. The number of nitrogens with zero attached hydrogens (tertiary/aromatic N) is 4. The van der Waals surface area contributed by atoms with Gasteiger partial charge in [-0.2, -0.15) is 9.40 Å². The molecule has 4 rings (SSSR count). The van der Waals surface area contributed by atoms with Crippen molar-refractivity contribution >= 4 is 27.5 Å². The van der Waals surface area contributed by atoms with Crippen LogP contribution in [0.15, 0.2) is 29.2 Å². The van der Waals surface area contributed by atoms with Crippen molar-refractivity contribution in [1.82, 2.24) is 19.0 Å². The summed E-state index contributed by atoms with van der Waals surface area (Å²) in [5, 5.41) is 7.03. The molecule has 0 unspecified atom stereocenters. The molecular weight excluding hydrogens is 461 g/mol. The molecule has 2 saturated heterocycles. The summed E-state index contributed by atoms with van der Waals surface area (Å²) in [4.78, 5) is 27.2. The Hall–Kier alpha value is -2.79. The van der Waals surface area contributed by atoms with E-state index in [4.69, 9.17) is 0 Å². The second-order valence-corrected chi connectivity index (χ2v) is 10.8. The topological polar surface area (TPSA) is 105 Å². The number of hydrogen-bond acceptors (Lipinski definition) is 5. The first-order valence-electron chi connectivity index (χ1n) is 11.5. The molecule has 9 nitrogen and oxygen atoms in total. The zero-order valence-corrected chi connectivity index (χ0v) is 20.3. The predicted octanol–water partition coefficient (Wildman–Crippen LogP) is 2.30. The van der Waals surface area contributed by atoms with Crippen molar-refractivity contribution in [1.29, 1.82) is 0 Å². The number of likely N-dealkylation sites (tertiary alicyclic amines) is 1. The molecule has 1 aromatic carbocycles. The molecular formula is C23H30FN5O4S. The largest absolute Gasteiger partial charge is 0.341 e. The average molecular weight is 492 g/mol. The molecule has 0 saturated carbocycles. The third kappa shape index (κ3) is 5.00. The van der Waals surface area contributed by atoms with E-state index < -0.39 is 21.8 Å². The zero-order valence-electron chi connectivity index (χ0n) is 19.5. The number of rotatable bonds is 6. The maximum absolute atomic E-state index is 13.6. The number of hydrogen-bond donors (Lipinski definition) is 1. The van der Waals surface area contributed by atoms with E-state index in [1.165, 1.54) is 27.2 Å². The van der Waals surface area contributed by atoms with E-state index in [1.807, 2.05) is 0 Å². The van der Waals surface area contributed by atoms with Crippen LogP contribution in [-0.2, 0) is 26.2 Å². The molecule has 2 amide bonds. The Labute approximate surface area is 199 Å². The van der Waals surface area contributed by atoms with Crippen LogP contribution < -0.4 is 5.32 Å². The third-order valence-corrected chi connectivity index (χ3v) is 8.62. The summed E-state index contributed by atoms with van der Waals surface area (Å²) in [6, 6.07) is 5.59.